The van der Waals surface area contributed by atoms with Crippen molar-refractivity contribution in [3.8, 4) is 22.8 Å². The number of carboxylic acids is 1. The molecule has 116 valence electrons. The molecule has 23 heavy (non-hydrogen) atoms. The van der Waals surface area contributed by atoms with Crippen LogP contribution in [-0.4, -0.2) is 30.9 Å². The Balaban J connectivity index is 2.14. The van der Waals surface area contributed by atoms with E-state index in [0.717, 1.165) is 0 Å². The van der Waals surface area contributed by atoms with Gasteiger partial charge in [-0.25, -0.2) is 14.5 Å². The molecule has 6 nitrogen and oxygen atoms in total. The van der Waals surface area contributed by atoms with Crippen molar-refractivity contribution in [2.24, 2.45) is 0 Å². The Morgan fingerprint density at radius 3 is 2.43 bits per heavy atom. The number of carboxylic acid groups (broad SMARTS) is 1. The molecule has 1 aromatic heterocycles. The SMILES string of the molecule is CCc1nc(-c2ccccc2O)n(-c2ccc(C(=O)O)cc2)n1. The molecule has 3 rings (SSSR count). The minimum Gasteiger partial charge on any atom is -0.507 e. The standard InChI is InChI=1S/C17H15N3O3/c1-2-15-18-16(13-5-3-4-6-14(13)21)20(19-15)12-9-7-11(8-10-12)17(22)23/h3-10,21H,2H2,1H3,(H,22,23). The normalized spacial score (nSPS) is 10.7. The van der Waals surface area contributed by atoms with Crippen molar-refractivity contribution >= 4 is 5.97 Å². The molecule has 0 spiro atoms. The number of phenolic OH excluding ortho intramolecular Hbond substituents is 1. The first-order valence-corrected chi connectivity index (χ1v) is 7.18. The molecular weight excluding hydrogens is 294 g/mol. The number of hydrogen-bond acceptors (Lipinski definition) is 4. The molecule has 0 aliphatic heterocycles. The van der Waals surface area contributed by atoms with Gasteiger partial charge in [0.2, 0.25) is 0 Å². The van der Waals surface area contributed by atoms with Crippen LogP contribution in [0.3, 0.4) is 0 Å². The zero-order chi connectivity index (χ0) is 16.4. The lowest BCUT2D eigenvalue weighted by Crippen LogP contribution is -2.02. The topological polar surface area (TPSA) is 88.2 Å². The number of phenols is 1. The summed E-state index contributed by atoms with van der Waals surface area (Å²) in [6.45, 7) is 1.95. The van der Waals surface area contributed by atoms with Gasteiger partial charge in [-0.3, -0.25) is 0 Å². The molecule has 1 heterocycles. The largest absolute Gasteiger partial charge is 0.507 e. The molecule has 0 saturated heterocycles. The Bertz CT molecular complexity index is 854. The first-order chi connectivity index (χ1) is 11.1. The molecule has 0 unspecified atom stereocenters. The van der Waals surface area contributed by atoms with Gasteiger partial charge in [0.25, 0.3) is 0 Å². The lowest BCUT2D eigenvalue weighted by Gasteiger charge is -2.07. The summed E-state index contributed by atoms with van der Waals surface area (Å²) in [6, 6.07) is 13.3. The maximum absolute atomic E-state index is 11.0. The third-order valence-electron chi connectivity index (χ3n) is 3.47. The van der Waals surface area contributed by atoms with Crippen LogP contribution in [0.1, 0.15) is 23.1 Å². The molecule has 0 aliphatic rings. The van der Waals surface area contributed by atoms with E-state index < -0.39 is 5.97 Å². The molecule has 0 radical (unpaired) electrons. The molecule has 2 aromatic carbocycles. The maximum atomic E-state index is 11.0. The molecule has 0 atom stereocenters. The van der Waals surface area contributed by atoms with E-state index in [4.69, 9.17) is 5.11 Å². The van der Waals surface area contributed by atoms with Crippen molar-refractivity contribution in [3.05, 3.63) is 59.9 Å². The molecule has 2 N–H and O–H groups in total. The van der Waals surface area contributed by atoms with E-state index in [1.165, 1.54) is 12.1 Å². The third-order valence-corrected chi connectivity index (χ3v) is 3.47. The number of para-hydroxylation sites is 1. The summed E-state index contributed by atoms with van der Waals surface area (Å²) < 4.78 is 1.61. The van der Waals surface area contributed by atoms with Gasteiger partial charge in [-0.05, 0) is 36.4 Å². The Labute approximate surface area is 132 Å². The number of hydrogen-bond donors (Lipinski definition) is 2. The monoisotopic (exact) mass is 309 g/mol. The molecule has 6 heteroatoms. The summed E-state index contributed by atoms with van der Waals surface area (Å²) in [7, 11) is 0. The van der Waals surface area contributed by atoms with Crippen LogP contribution in [0, 0.1) is 0 Å². The van der Waals surface area contributed by atoms with Gasteiger partial charge in [0, 0.05) is 6.42 Å². The number of nitrogens with zero attached hydrogens (tertiary/aromatic N) is 3. The zero-order valence-corrected chi connectivity index (χ0v) is 12.5. The number of aromatic carboxylic acids is 1. The van der Waals surface area contributed by atoms with E-state index in [0.29, 0.717) is 29.3 Å². The van der Waals surface area contributed by atoms with Gasteiger partial charge in [-0.15, -0.1) is 0 Å². The summed E-state index contributed by atoms with van der Waals surface area (Å²) in [5.74, 6) is 0.296. The van der Waals surface area contributed by atoms with E-state index in [2.05, 4.69) is 10.1 Å². The van der Waals surface area contributed by atoms with E-state index in [1.54, 1.807) is 35.0 Å². The molecule has 3 aromatic rings. The summed E-state index contributed by atoms with van der Waals surface area (Å²) in [5.41, 5.74) is 1.45. The van der Waals surface area contributed by atoms with Gasteiger partial charge in [0.1, 0.15) is 5.75 Å². The highest BCUT2D eigenvalue weighted by Crippen LogP contribution is 2.29. The van der Waals surface area contributed by atoms with Gasteiger partial charge in [-0.2, -0.15) is 5.10 Å². The highest BCUT2D eigenvalue weighted by atomic mass is 16.4. The van der Waals surface area contributed by atoms with Gasteiger partial charge in [-0.1, -0.05) is 19.1 Å². The Morgan fingerprint density at radius 2 is 1.83 bits per heavy atom. The van der Waals surface area contributed by atoms with Crippen molar-refractivity contribution in [2.45, 2.75) is 13.3 Å². The van der Waals surface area contributed by atoms with E-state index in [-0.39, 0.29) is 11.3 Å². The Morgan fingerprint density at radius 1 is 1.13 bits per heavy atom. The highest BCUT2D eigenvalue weighted by molar-refractivity contribution is 5.87. The molecule has 0 aliphatic carbocycles. The smallest absolute Gasteiger partial charge is 0.335 e. The van der Waals surface area contributed by atoms with Gasteiger partial charge >= 0.3 is 5.97 Å². The van der Waals surface area contributed by atoms with Crippen LogP contribution in [-0.2, 0) is 6.42 Å². The van der Waals surface area contributed by atoms with Crippen molar-refractivity contribution in [3.63, 3.8) is 0 Å². The predicted octanol–water partition coefficient (Wildman–Crippen LogP) is 2.90. The van der Waals surface area contributed by atoms with Crippen LogP contribution in [0.5, 0.6) is 5.75 Å². The lowest BCUT2D eigenvalue weighted by atomic mass is 10.1. The highest BCUT2D eigenvalue weighted by Gasteiger charge is 2.16. The lowest BCUT2D eigenvalue weighted by molar-refractivity contribution is 0.0697. The number of rotatable bonds is 4. The molecule has 0 fully saturated rings. The van der Waals surface area contributed by atoms with Crippen LogP contribution in [0.4, 0.5) is 0 Å². The molecule has 0 saturated carbocycles. The first kappa shape index (κ1) is 14.8. The average molecular weight is 309 g/mol. The van der Waals surface area contributed by atoms with Crippen LogP contribution in [0.25, 0.3) is 17.1 Å². The Kier molecular flexibility index (Phi) is 3.80. The van der Waals surface area contributed by atoms with Crippen LogP contribution in [0.2, 0.25) is 0 Å². The van der Waals surface area contributed by atoms with Crippen LogP contribution >= 0.6 is 0 Å². The fourth-order valence-corrected chi connectivity index (χ4v) is 2.27. The second-order valence-electron chi connectivity index (χ2n) is 4.99. The molecular formula is C17H15N3O3. The van der Waals surface area contributed by atoms with Crippen molar-refractivity contribution in [2.75, 3.05) is 0 Å². The summed E-state index contributed by atoms with van der Waals surface area (Å²) >= 11 is 0. The quantitative estimate of drug-likeness (QED) is 0.773. The van der Waals surface area contributed by atoms with Gasteiger partial charge in [0.15, 0.2) is 11.6 Å². The van der Waals surface area contributed by atoms with Crippen molar-refractivity contribution in [1.82, 2.24) is 14.8 Å². The van der Waals surface area contributed by atoms with E-state index >= 15 is 0 Å². The summed E-state index contributed by atoms with van der Waals surface area (Å²) in [6.07, 6.45) is 0.654. The number of carbonyl (C=O) groups is 1. The fraction of sp³-hybridized carbons (Fsp3) is 0.118. The van der Waals surface area contributed by atoms with Crippen LogP contribution in [0.15, 0.2) is 48.5 Å². The maximum Gasteiger partial charge on any atom is 0.335 e. The fourth-order valence-electron chi connectivity index (χ4n) is 2.27. The predicted molar refractivity (Wildman–Crippen MR) is 84.8 cm³/mol. The number of aromatic hydroxyl groups is 1. The second-order valence-corrected chi connectivity index (χ2v) is 4.99. The van der Waals surface area contributed by atoms with Crippen molar-refractivity contribution < 1.29 is 15.0 Å². The minimum absolute atomic E-state index is 0.117. The molecule has 0 amide bonds. The third kappa shape index (κ3) is 2.78. The number of benzene rings is 2. The minimum atomic E-state index is -0.981. The summed E-state index contributed by atoms with van der Waals surface area (Å²) in [5, 5.41) is 23.5. The van der Waals surface area contributed by atoms with Crippen LogP contribution < -0.4 is 0 Å². The summed E-state index contributed by atoms with van der Waals surface area (Å²) in [4.78, 5) is 15.4. The Hall–Kier alpha value is -3.15. The first-order valence-electron chi connectivity index (χ1n) is 7.18. The van der Waals surface area contributed by atoms with Gasteiger partial charge < -0.3 is 10.2 Å². The number of aryl methyl sites for hydroxylation is 1. The van der Waals surface area contributed by atoms with E-state index in [9.17, 15) is 9.90 Å². The van der Waals surface area contributed by atoms with Crippen molar-refractivity contribution in [1.29, 1.82) is 0 Å². The zero-order valence-electron chi connectivity index (χ0n) is 12.5. The van der Waals surface area contributed by atoms with E-state index in [1.807, 2.05) is 13.0 Å². The molecule has 0 bridgehead atoms. The number of aromatic nitrogens is 3. The average Bonchev–Trinajstić information content (AvgIpc) is 2.99. The second kappa shape index (κ2) is 5.92. The van der Waals surface area contributed by atoms with Gasteiger partial charge in [0.05, 0.1) is 16.8 Å².